The Morgan fingerprint density at radius 3 is 2.58 bits per heavy atom. The molecule has 0 atom stereocenters. The van der Waals surface area contributed by atoms with Crippen LogP contribution in [-0.2, 0) is 19.6 Å². The van der Waals surface area contributed by atoms with Gasteiger partial charge in [0.05, 0.1) is 10.9 Å². The number of carbonyl (C=O) groups is 1. The molecule has 0 unspecified atom stereocenters. The van der Waals surface area contributed by atoms with Gasteiger partial charge in [-0.1, -0.05) is 11.6 Å². The minimum atomic E-state index is -3.71. The second-order valence-electron chi connectivity index (χ2n) is 4.28. The van der Waals surface area contributed by atoms with Crippen molar-refractivity contribution in [2.45, 2.75) is 29.5 Å². The van der Waals surface area contributed by atoms with Crippen LogP contribution in [0.4, 0.5) is 0 Å². The maximum atomic E-state index is 12.4. The summed E-state index contributed by atoms with van der Waals surface area (Å²) in [5.74, 6) is -0.483. The molecule has 19 heavy (non-hydrogen) atoms. The first-order chi connectivity index (χ1) is 8.84. The fraction of sp³-hybridized carbons (Fsp3) is 0.545. The van der Waals surface area contributed by atoms with Gasteiger partial charge in [-0.05, 0) is 31.9 Å². The molecule has 0 aliphatic heterocycles. The summed E-state index contributed by atoms with van der Waals surface area (Å²) in [5.41, 5.74) is -1.04. The standard InChI is InChI=1S/C11H14ClNO4S2/c1-3-17-10(14)11(6-7-11)13(2)19(15,16)9-5-4-8(12)18-9/h4-5H,3,6-7H2,1-2H3. The lowest BCUT2D eigenvalue weighted by molar-refractivity contribution is -0.148. The molecule has 0 saturated heterocycles. The molecule has 106 valence electrons. The van der Waals surface area contributed by atoms with Gasteiger partial charge in [0.25, 0.3) is 10.0 Å². The first-order valence-corrected chi connectivity index (χ1v) is 8.39. The van der Waals surface area contributed by atoms with Gasteiger partial charge >= 0.3 is 5.97 Å². The molecule has 0 aromatic carbocycles. The van der Waals surface area contributed by atoms with Crippen molar-refractivity contribution in [1.29, 1.82) is 0 Å². The summed E-state index contributed by atoms with van der Waals surface area (Å²) in [5, 5.41) is 0. The molecule has 0 bridgehead atoms. The van der Waals surface area contributed by atoms with E-state index in [-0.39, 0.29) is 10.8 Å². The SMILES string of the molecule is CCOC(=O)C1(N(C)S(=O)(=O)c2ccc(Cl)s2)CC1. The third kappa shape index (κ3) is 2.52. The maximum Gasteiger partial charge on any atom is 0.327 e. The molecule has 0 spiro atoms. The van der Waals surface area contributed by atoms with Crippen LogP contribution in [0.1, 0.15) is 19.8 Å². The van der Waals surface area contributed by atoms with Gasteiger partial charge in [0.1, 0.15) is 9.75 Å². The minimum Gasteiger partial charge on any atom is -0.465 e. The Balaban J connectivity index is 2.29. The smallest absolute Gasteiger partial charge is 0.327 e. The normalized spacial score (nSPS) is 17.5. The lowest BCUT2D eigenvalue weighted by atomic mass is 10.3. The molecule has 1 aromatic rings. The van der Waals surface area contributed by atoms with Gasteiger partial charge in [-0.15, -0.1) is 11.3 Å². The zero-order valence-corrected chi connectivity index (χ0v) is 12.9. The first kappa shape index (κ1) is 14.8. The van der Waals surface area contributed by atoms with Crippen LogP contribution in [0, 0.1) is 0 Å². The molecule has 0 amide bonds. The molecule has 1 aliphatic rings. The van der Waals surface area contributed by atoms with E-state index in [0.29, 0.717) is 17.2 Å². The van der Waals surface area contributed by atoms with Crippen molar-refractivity contribution in [3.05, 3.63) is 16.5 Å². The van der Waals surface area contributed by atoms with E-state index in [9.17, 15) is 13.2 Å². The molecule has 1 heterocycles. The second kappa shape index (κ2) is 5.05. The van der Waals surface area contributed by atoms with E-state index in [4.69, 9.17) is 16.3 Å². The highest BCUT2D eigenvalue weighted by molar-refractivity contribution is 7.91. The van der Waals surface area contributed by atoms with Crippen molar-refractivity contribution < 1.29 is 17.9 Å². The maximum absolute atomic E-state index is 12.4. The molecule has 8 heteroatoms. The number of thiophene rings is 1. The highest BCUT2D eigenvalue weighted by atomic mass is 35.5. The molecule has 1 aliphatic carbocycles. The summed E-state index contributed by atoms with van der Waals surface area (Å²) in [6.07, 6.45) is 0.974. The van der Waals surface area contributed by atoms with Gasteiger partial charge in [-0.3, -0.25) is 4.79 Å². The van der Waals surface area contributed by atoms with Crippen LogP contribution in [0.25, 0.3) is 0 Å². The Bertz CT molecular complexity index is 592. The third-order valence-electron chi connectivity index (χ3n) is 3.15. The number of sulfonamides is 1. The number of esters is 1. The number of ether oxygens (including phenoxy) is 1. The van der Waals surface area contributed by atoms with E-state index >= 15 is 0 Å². The fourth-order valence-electron chi connectivity index (χ4n) is 1.83. The van der Waals surface area contributed by atoms with Crippen molar-refractivity contribution in [3.8, 4) is 0 Å². The van der Waals surface area contributed by atoms with Crippen molar-refractivity contribution in [3.63, 3.8) is 0 Å². The third-order valence-corrected chi connectivity index (χ3v) is 6.77. The summed E-state index contributed by atoms with van der Waals surface area (Å²) >= 11 is 6.73. The Morgan fingerprint density at radius 1 is 1.53 bits per heavy atom. The summed E-state index contributed by atoms with van der Waals surface area (Å²) in [6.45, 7) is 1.93. The van der Waals surface area contributed by atoms with Crippen LogP contribution < -0.4 is 0 Å². The summed E-state index contributed by atoms with van der Waals surface area (Å²) in [6, 6.07) is 2.97. The predicted molar refractivity (Wildman–Crippen MR) is 72.9 cm³/mol. The largest absolute Gasteiger partial charge is 0.465 e. The molecule has 0 radical (unpaired) electrons. The lowest BCUT2D eigenvalue weighted by Gasteiger charge is -2.24. The lowest BCUT2D eigenvalue weighted by Crippen LogP contribution is -2.45. The van der Waals surface area contributed by atoms with Crippen molar-refractivity contribution >= 4 is 38.9 Å². The molecule has 1 fully saturated rings. The molecule has 1 aromatic heterocycles. The van der Waals surface area contributed by atoms with Gasteiger partial charge in [-0.25, -0.2) is 8.42 Å². The molecule has 5 nitrogen and oxygen atoms in total. The van der Waals surface area contributed by atoms with Crippen LogP contribution in [0.15, 0.2) is 16.3 Å². The average molecular weight is 324 g/mol. The number of rotatable bonds is 5. The fourth-order valence-corrected chi connectivity index (χ4v) is 5.00. The van der Waals surface area contributed by atoms with Gasteiger partial charge in [-0.2, -0.15) is 4.31 Å². The monoisotopic (exact) mass is 323 g/mol. The molecular weight excluding hydrogens is 310 g/mol. The Kier molecular flexibility index (Phi) is 3.92. The van der Waals surface area contributed by atoms with E-state index in [0.717, 1.165) is 15.6 Å². The quantitative estimate of drug-likeness (QED) is 0.779. The van der Waals surface area contributed by atoms with Crippen molar-refractivity contribution in [2.24, 2.45) is 0 Å². The van der Waals surface area contributed by atoms with Gasteiger partial charge in [0.2, 0.25) is 0 Å². The number of hydrogen-bond donors (Lipinski definition) is 0. The summed E-state index contributed by atoms with van der Waals surface area (Å²) in [7, 11) is -2.30. The van der Waals surface area contributed by atoms with Crippen LogP contribution in [0.2, 0.25) is 4.34 Å². The first-order valence-electron chi connectivity index (χ1n) is 5.76. The van der Waals surface area contributed by atoms with E-state index < -0.39 is 21.5 Å². The highest BCUT2D eigenvalue weighted by Gasteiger charge is 2.58. The van der Waals surface area contributed by atoms with Crippen molar-refractivity contribution in [2.75, 3.05) is 13.7 Å². The summed E-state index contributed by atoms with van der Waals surface area (Å²) < 4.78 is 31.4. The Morgan fingerprint density at radius 2 is 2.16 bits per heavy atom. The Labute approximate surface area is 121 Å². The second-order valence-corrected chi connectivity index (χ2v) is 8.19. The molecule has 0 N–H and O–H groups in total. The highest BCUT2D eigenvalue weighted by Crippen LogP contribution is 2.45. The topological polar surface area (TPSA) is 63.7 Å². The summed E-state index contributed by atoms with van der Waals surface area (Å²) in [4.78, 5) is 11.9. The van der Waals surface area contributed by atoms with E-state index in [2.05, 4.69) is 0 Å². The number of nitrogens with zero attached hydrogens (tertiary/aromatic N) is 1. The van der Waals surface area contributed by atoms with Crippen LogP contribution >= 0.6 is 22.9 Å². The van der Waals surface area contributed by atoms with Crippen LogP contribution in [0.5, 0.6) is 0 Å². The minimum absolute atomic E-state index is 0.135. The average Bonchev–Trinajstić information content (AvgIpc) is 3.05. The van der Waals surface area contributed by atoms with Gasteiger partial charge in [0, 0.05) is 7.05 Å². The number of carbonyl (C=O) groups excluding carboxylic acids is 1. The number of likely N-dealkylation sites (N-methyl/N-ethyl adjacent to an activating group) is 1. The van der Waals surface area contributed by atoms with Gasteiger partial charge in [0.15, 0.2) is 0 Å². The van der Waals surface area contributed by atoms with Crippen LogP contribution in [0.3, 0.4) is 0 Å². The zero-order chi connectivity index (χ0) is 14.3. The number of halogens is 1. The van der Waals surface area contributed by atoms with Crippen LogP contribution in [-0.4, -0.2) is 37.9 Å². The molecule has 2 rings (SSSR count). The predicted octanol–water partition coefficient (Wildman–Crippen LogP) is 2.12. The van der Waals surface area contributed by atoms with E-state index in [1.54, 1.807) is 6.92 Å². The Hall–Kier alpha value is -0.630. The van der Waals surface area contributed by atoms with Crippen molar-refractivity contribution in [1.82, 2.24) is 4.31 Å². The van der Waals surface area contributed by atoms with E-state index in [1.165, 1.54) is 19.2 Å². The molecule has 1 saturated carbocycles. The zero-order valence-electron chi connectivity index (χ0n) is 10.6. The van der Waals surface area contributed by atoms with E-state index in [1.807, 2.05) is 0 Å². The number of hydrogen-bond acceptors (Lipinski definition) is 5. The molecular formula is C11H14ClNO4S2. The van der Waals surface area contributed by atoms with Gasteiger partial charge < -0.3 is 4.74 Å².